The maximum absolute atomic E-state index is 11.9. The van der Waals surface area contributed by atoms with Crippen LogP contribution in [-0.4, -0.2) is 207 Å². The van der Waals surface area contributed by atoms with E-state index in [0.29, 0.717) is 19.5 Å². The first-order chi connectivity index (χ1) is 22.9. The van der Waals surface area contributed by atoms with E-state index < -0.39 is 112 Å². The Labute approximate surface area is 277 Å². The van der Waals surface area contributed by atoms with Gasteiger partial charge in [-0.05, 0) is 38.8 Å². The molecule has 11 N–H and O–H groups in total. The van der Waals surface area contributed by atoms with Crippen LogP contribution in [0.25, 0.3) is 0 Å². The lowest BCUT2D eigenvalue weighted by Crippen LogP contribution is -2.65. The number of nitrogens with one attached hydrogen (secondary N) is 1. The van der Waals surface area contributed by atoms with Gasteiger partial charge in [0.05, 0.1) is 26.4 Å². The highest BCUT2D eigenvalue weighted by molar-refractivity contribution is 5.76. The zero-order chi connectivity index (χ0) is 35.1. The number of ether oxygens (including phenoxy) is 6. The maximum Gasteiger partial charge on any atom is 0.220 e. The van der Waals surface area contributed by atoms with Gasteiger partial charge in [-0.25, -0.2) is 0 Å². The minimum Gasteiger partial charge on any atom is -0.394 e. The molecule has 0 aromatic heterocycles. The number of aliphatic hydroxyl groups is 10. The predicted octanol–water partition coefficient (Wildman–Crippen LogP) is -6.31. The number of aliphatic hydroxyl groups excluding tert-OH is 10. The van der Waals surface area contributed by atoms with Crippen LogP contribution in [0.5, 0.6) is 0 Å². The normalized spacial score (nSPS) is 43.3. The highest BCUT2D eigenvalue weighted by atomic mass is 16.7. The van der Waals surface area contributed by atoms with Gasteiger partial charge < -0.3 is 89.7 Å². The van der Waals surface area contributed by atoms with Crippen LogP contribution in [0, 0.1) is 5.92 Å². The van der Waals surface area contributed by atoms with Crippen molar-refractivity contribution in [2.24, 2.45) is 5.92 Å². The van der Waals surface area contributed by atoms with Crippen LogP contribution in [0.1, 0.15) is 26.2 Å². The Balaban J connectivity index is 1.40. The largest absolute Gasteiger partial charge is 0.394 e. The van der Waals surface area contributed by atoms with Gasteiger partial charge in [-0.15, -0.1) is 0 Å². The van der Waals surface area contributed by atoms with Crippen molar-refractivity contribution < 1.29 is 84.3 Å². The number of piperidine rings is 1. The number of nitrogens with zero attached hydrogens (tertiary/aromatic N) is 1. The third-order valence-electron chi connectivity index (χ3n) is 9.30. The van der Waals surface area contributed by atoms with Gasteiger partial charge in [-0.2, -0.15) is 0 Å². The molecule has 4 aliphatic rings. The molecule has 0 unspecified atom stereocenters. The number of carbonyl (C=O) groups excluding carboxylic acids is 1. The molecule has 4 aliphatic heterocycles. The SMILES string of the molecule is CCNC(=O)CC1CCN(CCO[C@@H]2O[C@H](CO[C@H]3O[C@H](CO)[C@@H](O)[C@H](O)[C@@H]3O)[C@@H](O)[C@H](O[C@H]3O[C@H](CO)[C@@H](O)[C@H](O)[C@@H]3O)[C@@H]2O)CC1. The van der Waals surface area contributed by atoms with Crippen LogP contribution >= 0.6 is 0 Å². The zero-order valence-electron chi connectivity index (χ0n) is 26.8. The number of amides is 1. The van der Waals surface area contributed by atoms with Gasteiger partial charge >= 0.3 is 0 Å². The zero-order valence-corrected chi connectivity index (χ0v) is 26.8. The van der Waals surface area contributed by atoms with Crippen molar-refractivity contribution in [1.82, 2.24) is 10.2 Å². The Bertz CT molecular complexity index is 974. The van der Waals surface area contributed by atoms with Gasteiger partial charge in [0.15, 0.2) is 18.9 Å². The van der Waals surface area contributed by atoms with Gasteiger partial charge in [0, 0.05) is 19.5 Å². The fraction of sp³-hybridized carbons (Fsp3) is 0.966. The molecule has 48 heavy (non-hydrogen) atoms. The van der Waals surface area contributed by atoms with Crippen molar-refractivity contribution >= 4 is 5.91 Å². The number of carbonyl (C=O) groups is 1. The summed E-state index contributed by atoms with van der Waals surface area (Å²) in [5.41, 5.74) is 0. The summed E-state index contributed by atoms with van der Waals surface area (Å²) >= 11 is 0. The predicted molar refractivity (Wildman–Crippen MR) is 157 cm³/mol. The summed E-state index contributed by atoms with van der Waals surface area (Å²) in [6, 6.07) is 0. The summed E-state index contributed by atoms with van der Waals surface area (Å²) in [4.78, 5) is 14.1. The van der Waals surface area contributed by atoms with E-state index in [-0.39, 0.29) is 18.4 Å². The van der Waals surface area contributed by atoms with Gasteiger partial charge in [-0.1, -0.05) is 0 Å². The molecule has 15 atom stereocenters. The molecule has 0 spiro atoms. The van der Waals surface area contributed by atoms with E-state index in [1.165, 1.54) is 0 Å². The summed E-state index contributed by atoms with van der Waals surface area (Å²) in [5, 5.41) is 106. The minimum absolute atomic E-state index is 0.0236. The number of rotatable bonds is 14. The lowest BCUT2D eigenvalue weighted by atomic mass is 9.93. The number of likely N-dealkylation sites (tertiary alicyclic amines) is 1. The van der Waals surface area contributed by atoms with Gasteiger partial charge in [-0.3, -0.25) is 4.79 Å². The molecule has 0 aromatic carbocycles. The molecular weight excluding hydrogens is 648 g/mol. The second-order valence-corrected chi connectivity index (χ2v) is 12.7. The summed E-state index contributed by atoms with van der Waals surface area (Å²) in [6.45, 7) is 2.40. The van der Waals surface area contributed by atoms with Crippen LogP contribution < -0.4 is 5.32 Å². The molecule has 4 saturated heterocycles. The van der Waals surface area contributed by atoms with Crippen LogP contribution in [0.15, 0.2) is 0 Å². The maximum atomic E-state index is 11.9. The molecule has 0 radical (unpaired) electrons. The van der Waals surface area contributed by atoms with Crippen molar-refractivity contribution in [2.75, 3.05) is 52.6 Å². The Hall–Kier alpha value is -1.21. The molecule has 1 amide bonds. The van der Waals surface area contributed by atoms with Crippen LogP contribution in [0.4, 0.5) is 0 Å². The van der Waals surface area contributed by atoms with E-state index in [1.807, 2.05) is 6.92 Å². The Morgan fingerprint density at radius 3 is 1.83 bits per heavy atom. The lowest BCUT2D eigenvalue weighted by Gasteiger charge is -2.46. The van der Waals surface area contributed by atoms with E-state index in [2.05, 4.69) is 10.2 Å². The second kappa shape index (κ2) is 18.3. The summed E-state index contributed by atoms with van der Waals surface area (Å²) in [6.07, 6.45) is -22.0. The highest BCUT2D eigenvalue weighted by Gasteiger charge is 2.52. The average molecular weight is 701 g/mol. The Kier molecular flexibility index (Phi) is 15.1. The molecule has 0 aliphatic carbocycles. The highest BCUT2D eigenvalue weighted by Crippen LogP contribution is 2.31. The van der Waals surface area contributed by atoms with Crippen molar-refractivity contribution in [3.8, 4) is 0 Å². The van der Waals surface area contributed by atoms with Gasteiger partial charge in [0.2, 0.25) is 5.91 Å². The Morgan fingerprint density at radius 2 is 1.25 bits per heavy atom. The molecule has 19 nitrogen and oxygen atoms in total. The average Bonchev–Trinajstić information content (AvgIpc) is 3.07. The first kappa shape index (κ1) is 39.6. The van der Waals surface area contributed by atoms with Crippen molar-refractivity contribution in [3.05, 3.63) is 0 Å². The first-order valence-electron chi connectivity index (χ1n) is 16.4. The molecule has 0 saturated carbocycles. The van der Waals surface area contributed by atoms with E-state index >= 15 is 0 Å². The van der Waals surface area contributed by atoms with Crippen LogP contribution in [-0.2, 0) is 33.2 Å². The smallest absolute Gasteiger partial charge is 0.220 e. The molecule has 4 fully saturated rings. The summed E-state index contributed by atoms with van der Waals surface area (Å²) in [7, 11) is 0. The Morgan fingerprint density at radius 1 is 0.708 bits per heavy atom. The van der Waals surface area contributed by atoms with Crippen LogP contribution in [0.3, 0.4) is 0 Å². The molecule has 4 heterocycles. The van der Waals surface area contributed by atoms with Gasteiger partial charge in [0.1, 0.15) is 73.2 Å². The molecule has 0 bridgehead atoms. The topological polar surface area (TPSA) is 290 Å². The lowest BCUT2D eigenvalue weighted by molar-refractivity contribution is -0.366. The number of hydrogen-bond acceptors (Lipinski definition) is 18. The van der Waals surface area contributed by atoms with E-state index in [1.54, 1.807) is 0 Å². The third kappa shape index (κ3) is 9.56. The van der Waals surface area contributed by atoms with Crippen molar-refractivity contribution in [3.63, 3.8) is 0 Å². The summed E-state index contributed by atoms with van der Waals surface area (Å²) in [5.74, 6) is 0.291. The molecule has 4 rings (SSSR count). The standard InChI is InChI=1S/C29H52N2O17/c1-2-30-17(34)9-13-3-5-31(6-4-13)7-8-43-28-25(42)26(48-29-24(41)22(39)19(36)15(11-33)46-29)20(37)16(47-28)12-44-27-23(40)21(38)18(35)14(10-32)45-27/h13-16,18-29,32-33,35-42H,2-12H2,1H3,(H,30,34)/t14-,15-,16-,18-,19-,20-,21+,22+,23+,24+,25+,26+,27+,28-,29-/m1/s1. The summed E-state index contributed by atoms with van der Waals surface area (Å²) < 4.78 is 33.7. The van der Waals surface area contributed by atoms with E-state index in [9.17, 15) is 55.9 Å². The van der Waals surface area contributed by atoms with Crippen molar-refractivity contribution in [1.29, 1.82) is 0 Å². The van der Waals surface area contributed by atoms with E-state index in [4.69, 9.17) is 28.4 Å². The quantitative estimate of drug-likeness (QED) is 0.0803. The molecular formula is C29H52N2O17. The third-order valence-corrected chi connectivity index (χ3v) is 9.30. The molecule has 19 heteroatoms. The van der Waals surface area contributed by atoms with Crippen molar-refractivity contribution in [2.45, 2.75) is 118 Å². The fourth-order valence-corrected chi connectivity index (χ4v) is 6.31. The molecule has 280 valence electrons. The van der Waals surface area contributed by atoms with E-state index in [0.717, 1.165) is 25.9 Å². The van der Waals surface area contributed by atoms with Gasteiger partial charge in [0.25, 0.3) is 0 Å². The first-order valence-corrected chi connectivity index (χ1v) is 16.4. The molecule has 0 aromatic rings. The van der Waals surface area contributed by atoms with Crippen LogP contribution in [0.2, 0.25) is 0 Å². The minimum atomic E-state index is -1.84. The monoisotopic (exact) mass is 700 g/mol. The second-order valence-electron chi connectivity index (χ2n) is 12.7. The fourth-order valence-electron chi connectivity index (χ4n) is 6.31. The number of hydrogen-bond donors (Lipinski definition) is 11.